The van der Waals surface area contributed by atoms with Crippen molar-refractivity contribution in [3.05, 3.63) is 46.6 Å². The molecule has 6 nitrogen and oxygen atoms in total. The summed E-state index contributed by atoms with van der Waals surface area (Å²) in [5.41, 5.74) is 0.499. The van der Waals surface area contributed by atoms with Crippen LogP contribution in [0, 0.1) is 0 Å². The van der Waals surface area contributed by atoms with Gasteiger partial charge in [-0.2, -0.15) is 0 Å². The average molecular weight is 414 g/mol. The van der Waals surface area contributed by atoms with E-state index < -0.39 is 29.4 Å². The summed E-state index contributed by atoms with van der Waals surface area (Å²) in [4.78, 5) is 38.0. The number of esters is 1. The zero-order chi connectivity index (χ0) is 22.3. The SMILES string of the molecule is CCCCCCCC(=O)OC(CC=C(C)C)C1=CC(=O)c2c(O)ccc(O)c2C1=O. The second kappa shape index (κ2) is 10.8. The van der Waals surface area contributed by atoms with Crippen molar-refractivity contribution in [2.45, 2.75) is 71.8 Å². The number of hydrogen-bond acceptors (Lipinski definition) is 6. The number of fused-ring (bicyclic) bond motifs is 1. The number of allylic oxidation sites excluding steroid dienone is 2. The summed E-state index contributed by atoms with van der Waals surface area (Å²) in [6.45, 7) is 5.88. The van der Waals surface area contributed by atoms with Gasteiger partial charge in [0, 0.05) is 18.4 Å². The zero-order valence-electron chi connectivity index (χ0n) is 17.9. The maximum atomic E-state index is 13.0. The molecular weight excluding hydrogens is 384 g/mol. The first-order chi connectivity index (χ1) is 14.3. The Morgan fingerprint density at radius 3 is 2.30 bits per heavy atom. The van der Waals surface area contributed by atoms with E-state index in [1.807, 2.05) is 19.9 Å². The Morgan fingerprint density at radius 2 is 1.67 bits per heavy atom. The summed E-state index contributed by atoms with van der Waals surface area (Å²) in [5, 5.41) is 20.1. The Balaban J connectivity index is 2.23. The highest BCUT2D eigenvalue weighted by atomic mass is 16.5. The largest absolute Gasteiger partial charge is 0.507 e. The van der Waals surface area contributed by atoms with Gasteiger partial charge in [-0.3, -0.25) is 14.4 Å². The number of benzene rings is 1. The van der Waals surface area contributed by atoms with Crippen molar-refractivity contribution in [2.75, 3.05) is 0 Å². The molecule has 0 bridgehead atoms. The van der Waals surface area contributed by atoms with Gasteiger partial charge in [0.25, 0.3) is 0 Å². The number of hydrogen-bond donors (Lipinski definition) is 2. The lowest BCUT2D eigenvalue weighted by Crippen LogP contribution is -2.29. The standard InChI is InChI=1S/C24H30O6/c1-4-5-6-7-8-9-21(28)30-20(13-10-15(2)3)16-14-19(27)22-17(25)11-12-18(26)23(22)24(16)29/h10-12,14,20,25-26H,4-9,13H2,1-3H3. The predicted molar refractivity (Wildman–Crippen MR) is 114 cm³/mol. The first-order valence-corrected chi connectivity index (χ1v) is 10.4. The predicted octanol–water partition coefficient (Wildman–Crippen LogP) is 5.03. The molecule has 1 aromatic carbocycles. The highest BCUT2D eigenvalue weighted by Crippen LogP contribution is 2.36. The highest BCUT2D eigenvalue weighted by molar-refractivity contribution is 6.27. The maximum absolute atomic E-state index is 13.0. The Kier molecular flexibility index (Phi) is 8.39. The summed E-state index contributed by atoms with van der Waals surface area (Å²) in [5.74, 6) is -2.42. The van der Waals surface area contributed by atoms with Crippen LogP contribution in [0.25, 0.3) is 0 Å². The second-order valence-electron chi connectivity index (χ2n) is 7.81. The molecule has 0 fully saturated rings. The number of phenols is 2. The van der Waals surface area contributed by atoms with Gasteiger partial charge < -0.3 is 14.9 Å². The van der Waals surface area contributed by atoms with E-state index in [-0.39, 0.29) is 35.3 Å². The summed E-state index contributed by atoms with van der Waals surface area (Å²) >= 11 is 0. The molecule has 0 spiro atoms. The van der Waals surface area contributed by atoms with E-state index >= 15 is 0 Å². The number of ether oxygens (including phenoxy) is 1. The molecular formula is C24H30O6. The first-order valence-electron chi connectivity index (χ1n) is 10.4. The van der Waals surface area contributed by atoms with Crippen molar-refractivity contribution in [3.63, 3.8) is 0 Å². The maximum Gasteiger partial charge on any atom is 0.306 e. The van der Waals surface area contributed by atoms with Crippen molar-refractivity contribution in [1.82, 2.24) is 0 Å². The van der Waals surface area contributed by atoms with Gasteiger partial charge in [-0.1, -0.05) is 44.3 Å². The fourth-order valence-corrected chi connectivity index (χ4v) is 3.39. The fourth-order valence-electron chi connectivity index (χ4n) is 3.39. The minimum absolute atomic E-state index is 0.00485. The van der Waals surface area contributed by atoms with Gasteiger partial charge in [-0.25, -0.2) is 0 Å². The third-order valence-electron chi connectivity index (χ3n) is 5.03. The third-order valence-corrected chi connectivity index (χ3v) is 5.03. The van der Waals surface area contributed by atoms with Gasteiger partial charge in [0.05, 0.1) is 11.1 Å². The number of rotatable bonds is 10. The molecule has 2 N–H and O–H groups in total. The van der Waals surface area contributed by atoms with Crippen molar-refractivity contribution in [2.24, 2.45) is 0 Å². The number of unbranched alkanes of at least 4 members (excludes halogenated alkanes) is 4. The molecule has 0 aromatic heterocycles. The van der Waals surface area contributed by atoms with E-state index in [0.29, 0.717) is 6.42 Å². The van der Waals surface area contributed by atoms with E-state index in [1.54, 1.807) is 0 Å². The molecule has 1 aliphatic rings. The molecule has 0 saturated heterocycles. The quantitative estimate of drug-likeness (QED) is 0.241. The van der Waals surface area contributed by atoms with Gasteiger partial charge in [-0.15, -0.1) is 0 Å². The lowest BCUT2D eigenvalue weighted by Gasteiger charge is -2.23. The van der Waals surface area contributed by atoms with Crippen LogP contribution in [0.5, 0.6) is 11.5 Å². The van der Waals surface area contributed by atoms with Crippen LogP contribution in [0.4, 0.5) is 0 Å². The third kappa shape index (κ3) is 5.81. The molecule has 0 amide bonds. The topological polar surface area (TPSA) is 101 Å². The second-order valence-corrected chi connectivity index (χ2v) is 7.81. The van der Waals surface area contributed by atoms with Crippen LogP contribution < -0.4 is 0 Å². The van der Waals surface area contributed by atoms with Crippen molar-refractivity contribution in [1.29, 1.82) is 0 Å². The van der Waals surface area contributed by atoms with Crippen LogP contribution in [0.15, 0.2) is 35.4 Å². The molecule has 1 atom stereocenters. The van der Waals surface area contributed by atoms with E-state index in [4.69, 9.17) is 4.74 Å². The molecule has 2 rings (SSSR count). The summed E-state index contributed by atoms with van der Waals surface area (Å²) in [7, 11) is 0. The van der Waals surface area contributed by atoms with Gasteiger partial charge >= 0.3 is 5.97 Å². The summed E-state index contributed by atoms with van der Waals surface area (Å²) < 4.78 is 5.58. The van der Waals surface area contributed by atoms with Crippen LogP contribution in [0.3, 0.4) is 0 Å². The number of carbonyl (C=O) groups excluding carboxylic acids is 3. The van der Waals surface area contributed by atoms with Gasteiger partial charge in [0.2, 0.25) is 0 Å². The summed E-state index contributed by atoms with van der Waals surface area (Å²) in [6, 6.07) is 2.33. The highest BCUT2D eigenvalue weighted by Gasteiger charge is 2.35. The van der Waals surface area contributed by atoms with E-state index in [0.717, 1.165) is 49.5 Å². The number of aromatic hydroxyl groups is 2. The number of phenolic OH excluding ortho intramolecular Hbond substituents is 2. The Labute approximate surface area is 177 Å². The molecule has 0 aliphatic heterocycles. The Bertz CT molecular complexity index is 874. The van der Waals surface area contributed by atoms with Crippen molar-refractivity contribution in [3.8, 4) is 11.5 Å². The van der Waals surface area contributed by atoms with Crippen LogP contribution in [0.1, 0.15) is 86.4 Å². The van der Waals surface area contributed by atoms with Gasteiger partial charge in [0.1, 0.15) is 17.6 Å². The van der Waals surface area contributed by atoms with Gasteiger partial charge in [0.15, 0.2) is 11.6 Å². The molecule has 30 heavy (non-hydrogen) atoms. The lowest BCUT2D eigenvalue weighted by molar-refractivity contribution is -0.147. The van der Waals surface area contributed by atoms with Crippen LogP contribution in [-0.4, -0.2) is 33.9 Å². The molecule has 0 radical (unpaired) electrons. The molecule has 0 saturated carbocycles. The number of Topliss-reactive ketones (excluding diaryl/α,β-unsaturated/α-hetero) is 1. The summed E-state index contributed by atoms with van der Waals surface area (Å²) in [6.07, 6.45) is 7.41. The molecule has 1 aromatic rings. The molecule has 1 unspecified atom stereocenters. The Hall–Kier alpha value is -2.89. The number of ketones is 2. The lowest BCUT2D eigenvalue weighted by atomic mass is 9.85. The van der Waals surface area contributed by atoms with Crippen LogP contribution in [-0.2, 0) is 9.53 Å². The minimum atomic E-state index is -0.936. The van der Waals surface area contributed by atoms with E-state index in [2.05, 4.69) is 6.92 Å². The smallest absolute Gasteiger partial charge is 0.306 e. The van der Waals surface area contributed by atoms with Gasteiger partial charge in [-0.05, 0) is 38.5 Å². The molecule has 162 valence electrons. The minimum Gasteiger partial charge on any atom is -0.507 e. The molecule has 0 heterocycles. The van der Waals surface area contributed by atoms with E-state index in [1.165, 1.54) is 0 Å². The monoisotopic (exact) mass is 414 g/mol. The molecule has 6 heteroatoms. The fraction of sp³-hybridized carbons (Fsp3) is 0.458. The van der Waals surface area contributed by atoms with Crippen LogP contribution >= 0.6 is 0 Å². The van der Waals surface area contributed by atoms with Crippen LogP contribution in [0.2, 0.25) is 0 Å². The first kappa shape index (κ1) is 23.4. The Morgan fingerprint density at radius 1 is 1.03 bits per heavy atom. The zero-order valence-corrected chi connectivity index (χ0v) is 17.9. The van der Waals surface area contributed by atoms with E-state index in [9.17, 15) is 24.6 Å². The number of carbonyl (C=O) groups is 3. The van der Waals surface area contributed by atoms with Crippen molar-refractivity contribution >= 4 is 17.5 Å². The van der Waals surface area contributed by atoms with Crippen molar-refractivity contribution < 1.29 is 29.3 Å². The normalized spacial score (nSPS) is 14.0. The average Bonchev–Trinajstić information content (AvgIpc) is 2.69. The molecule has 1 aliphatic carbocycles.